The Labute approximate surface area is 169 Å². The summed E-state index contributed by atoms with van der Waals surface area (Å²) < 4.78 is 1.72. The minimum absolute atomic E-state index is 0.0444. The first-order valence-corrected chi connectivity index (χ1v) is 9.86. The average molecular weight is 395 g/mol. The maximum absolute atomic E-state index is 13.2. The second-order valence-electron chi connectivity index (χ2n) is 7.79. The second kappa shape index (κ2) is 7.35. The first-order chi connectivity index (χ1) is 13.9. The fourth-order valence-corrected chi connectivity index (χ4v) is 4.27. The summed E-state index contributed by atoms with van der Waals surface area (Å²) >= 11 is 0. The molecule has 3 amide bonds. The molecule has 29 heavy (non-hydrogen) atoms. The van der Waals surface area contributed by atoms with Gasteiger partial charge in [-0.05, 0) is 37.6 Å². The number of nitrogens with one attached hydrogen (secondary N) is 1. The molecule has 8 nitrogen and oxygen atoms in total. The third-order valence-corrected chi connectivity index (χ3v) is 5.89. The minimum Gasteiger partial charge on any atom is -0.338 e. The molecule has 2 aliphatic heterocycles. The maximum Gasteiger partial charge on any atom is 0.254 e. The number of rotatable bonds is 3. The normalized spacial score (nSPS) is 19.7. The zero-order chi connectivity index (χ0) is 20.7. The summed E-state index contributed by atoms with van der Waals surface area (Å²) in [7, 11) is 1.83. The Morgan fingerprint density at radius 1 is 1.24 bits per heavy atom. The number of hydrogen-bond donors (Lipinski definition) is 1. The third kappa shape index (κ3) is 3.39. The molecule has 0 radical (unpaired) electrons. The van der Waals surface area contributed by atoms with E-state index in [2.05, 4.69) is 10.4 Å². The van der Waals surface area contributed by atoms with Crippen molar-refractivity contribution >= 4 is 23.4 Å². The maximum atomic E-state index is 13.2. The largest absolute Gasteiger partial charge is 0.338 e. The minimum atomic E-state index is -0.286. The predicted molar refractivity (Wildman–Crippen MR) is 107 cm³/mol. The molecule has 0 saturated carbocycles. The van der Waals surface area contributed by atoms with E-state index in [1.807, 2.05) is 37.9 Å². The number of nitrogens with zero attached hydrogens (tertiary/aromatic N) is 4. The molecule has 0 aliphatic carbocycles. The number of aryl methyl sites for hydroxylation is 1. The van der Waals surface area contributed by atoms with Crippen LogP contribution in [0.3, 0.4) is 0 Å². The summed E-state index contributed by atoms with van der Waals surface area (Å²) in [4.78, 5) is 41.5. The number of amides is 3. The molecule has 1 aromatic heterocycles. The fraction of sp³-hybridized carbons (Fsp3) is 0.429. The Balaban J connectivity index is 1.47. The topological polar surface area (TPSA) is 87.5 Å². The zero-order valence-corrected chi connectivity index (χ0v) is 16.9. The summed E-state index contributed by atoms with van der Waals surface area (Å²) in [6.45, 7) is 5.29. The van der Waals surface area contributed by atoms with Gasteiger partial charge in [-0.25, -0.2) is 0 Å². The summed E-state index contributed by atoms with van der Waals surface area (Å²) in [6, 6.07) is 7.13. The number of carbonyl (C=O) groups is 3. The summed E-state index contributed by atoms with van der Waals surface area (Å²) in [5.74, 6) is -0.417. The van der Waals surface area contributed by atoms with Gasteiger partial charge in [0.15, 0.2) is 0 Å². The van der Waals surface area contributed by atoms with E-state index in [1.165, 1.54) is 0 Å². The van der Waals surface area contributed by atoms with Crippen molar-refractivity contribution in [3.63, 3.8) is 0 Å². The van der Waals surface area contributed by atoms with Crippen LogP contribution >= 0.6 is 0 Å². The van der Waals surface area contributed by atoms with Crippen LogP contribution in [0, 0.1) is 0 Å². The standard InChI is InChI=1S/C21H25N5O3/c1-13-12-25(20(28)14(2)18-7-8-22-24(18)3)9-10-26(13)21(29)15-5-4-6-17-16(15)11-19(27)23-17/h4-8,13-14H,9-12H2,1-3H3,(H,23,27)/t13-,14?/m0/s1. The van der Waals surface area contributed by atoms with Gasteiger partial charge < -0.3 is 15.1 Å². The summed E-state index contributed by atoms with van der Waals surface area (Å²) in [5.41, 5.74) is 2.92. The molecule has 1 unspecified atom stereocenters. The summed E-state index contributed by atoms with van der Waals surface area (Å²) in [6.07, 6.45) is 1.92. The number of aromatic nitrogens is 2. The Morgan fingerprint density at radius 2 is 2.03 bits per heavy atom. The Morgan fingerprint density at radius 3 is 2.72 bits per heavy atom. The Hall–Kier alpha value is -3.16. The lowest BCUT2D eigenvalue weighted by Crippen LogP contribution is -2.56. The van der Waals surface area contributed by atoms with Gasteiger partial charge in [-0.2, -0.15) is 5.10 Å². The van der Waals surface area contributed by atoms with Crippen LogP contribution in [0.2, 0.25) is 0 Å². The van der Waals surface area contributed by atoms with Crippen LogP contribution in [0.5, 0.6) is 0 Å². The molecule has 1 aromatic carbocycles. The van der Waals surface area contributed by atoms with E-state index in [9.17, 15) is 14.4 Å². The highest BCUT2D eigenvalue weighted by Gasteiger charge is 2.34. The van der Waals surface area contributed by atoms with Gasteiger partial charge >= 0.3 is 0 Å². The van der Waals surface area contributed by atoms with Crippen molar-refractivity contribution in [1.82, 2.24) is 19.6 Å². The zero-order valence-electron chi connectivity index (χ0n) is 16.9. The second-order valence-corrected chi connectivity index (χ2v) is 7.79. The van der Waals surface area contributed by atoms with Crippen LogP contribution in [-0.2, 0) is 23.1 Å². The molecule has 152 valence electrons. The van der Waals surface area contributed by atoms with Crippen LogP contribution in [-0.4, -0.2) is 63.0 Å². The van der Waals surface area contributed by atoms with E-state index in [-0.39, 0.29) is 36.1 Å². The van der Waals surface area contributed by atoms with Crippen molar-refractivity contribution < 1.29 is 14.4 Å². The van der Waals surface area contributed by atoms with E-state index in [0.29, 0.717) is 30.9 Å². The number of carbonyl (C=O) groups excluding carboxylic acids is 3. The van der Waals surface area contributed by atoms with Gasteiger partial charge in [0.2, 0.25) is 11.8 Å². The molecule has 0 bridgehead atoms. The van der Waals surface area contributed by atoms with Crippen molar-refractivity contribution in [3.05, 3.63) is 47.3 Å². The van der Waals surface area contributed by atoms with E-state index < -0.39 is 0 Å². The highest BCUT2D eigenvalue weighted by molar-refractivity contribution is 6.05. The van der Waals surface area contributed by atoms with Crippen LogP contribution in [0.15, 0.2) is 30.5 Å². The van der Waals surface area contributed by atoms with Crippen LogP contribution in [0.1, 0.15) is 41.4 Å². The highest BCUT2D eigenvalue weighted by atomic mass is 16.2. The van der Waals surface area contributed by atoms with Crippen molar-refractivity contribution in [3.8, 4) is 0 Å². The molecular weight excluding hydrogens is 370 g/mol. The van der Waals surface area contributed by atoms with E-state index in [4.69, 9.17) is 0 Å². The molecule has 1 N–H and O–H groups in total. The van der Waals surface area contributed by atoms with Gasteiger partial charge in [0.05, 0.1) is 18.0 Å². The number of benzene rings is 1. The predicted octanol–water partition coefficient (Wildman–Crippen LogP) is 1.39. The quantitative estimate of drug-likeness (QED) is 0.851. The van der Waals surface area contributed by atoms with E-state index >= 15 is 0 Å². The number of piperazine rings is 1. The first-order valence-electron chi connectivity index (χ1n) is 9.86. The monoisotopic (exact) mass is 395 g/mol. The van der Waals surface area contributed by atoms with Crippen molar-refractivity contribution in [2.45, 2.75) is 32.2 Å². The molecule has 0 spiro atoms. The molecule has 4 rings (SSSR count). The molecule has 3 heterocycles. The van der Waals surface area contributed by atoms with E-state index in [0.717, 1.165) is 11.3 Å². The molecule has 8 heteroatoms. The fourth-order valence-electron chi connectivity index (χ4n) is 4.27. The van der Waals surface area contributed by atoms with Crippen molar-refractivity contribution in [2.75, 3.05) is 25.0 Å². The van der Waals surface area contributed by atoms with Gasteiger partial charge in [-0.1, -0.05) is 6.07 Å². The molecule has 2 aromatic rings. The number of fused-ring (bicyclic) bond motifs is 1. The molecule has 2 atom stereocenters. The summed E-state index contributed by atoms with van der Waals surface area (Å²) in [5, 5.41) is 6.94. The lowest BCUT2D eigenvalue weighted by Gasteiger charge is -2.41. The molecule has 1 saturated heterocycles. The van der Waals surface area contributed by atoms with Crippen LogP contribution in [0.25, 0.3) is 0 Å². The number of anilines is 1. The average Bonchev–Trinajstić information content (AvgIpc) is 3.30. The Kier molecular flexibility index (Phi) is 4.86. The van der Waals surface area contributed by atoms with Crippen LogP contribution < -0.4 is 5.32 Å². The van der Waals surface area contributed by atoms with Gasteiger partial charge in [-0.3, -0.25) is 19.1 Å². The number of hydrogen-bond acceptors (Lipinski definition) is 4. The lowest BCUT2D eigenvalue weighted by molar-refractivity contribution is -0.135. The van der Waals surface area contributed by atoms with Crippen molar-refractivity contribution in [2.24, 2.45) is 7.05 Å². The van der Waals surface area contributed by atoms with Gasteiger partial charge in [0, 0.05) is 50.2 Å². The third-order valence-electron chi connectivity index (χ3n) is 5.89. The Bertz CT molecular complexity index is 982. The van der Waals surface area contributed by atoms with E-state index in [1.54, 1.807) is 27.9 Å². The van der Waals surface area contributed by atoms with Crippen molar-refractivity contribution in [1.29, 1.82) is 0 Å². The van der Waals surface area contributed by atoms with Gasteiger partial charge in [0.1, 0.15) is 0 Å². The molecule has 2 aliphatic rings. The van der Waals surface area contributed by atoms with Gasteiger partial charge in [-0.15, -0.1) is 0 Å². The molecular formula is C21H25N5O3. The van der Waals surface area contributed by atoms with Crippen LogP contribution in [0.4, 0.5) is 5.69 Å². The van der Waals surface area contributed by atoms with Gasteiger partial charge in [0.25, 0.3) is 5.91 Å². The highest BCUT2D eigenvalue weighted by Crippen LogP contribution is 2.28. The first kappa shape index (κ1) is 19.2. The molecule has 1 fully saturated rings. The SMILES string of the molecule is CC(C(=O)N1CCN(C(=O)c2cccc3c2CC(=O)N3)[C@@H](C)C1)c1ccnn1C. The smallest absolute Gasteiger partial charge is 0.254 e. The lowest BCUT2D eigenvalue weighted by atomic mass is 10.0.